The van der Waals surface area contributed by atoms with Crippen LogP contribution in [0.25, 0.3) is 11.1 Å². The molecule has 0 aliphatic carbocycles. The van der Waals surface area contributed by atoms with Gasteiger partial charge in [-0.1, -0.05) is 17.7 Å². The molecule has 0 saturated heterocycles. The molecule has 128 valence electrons. The molecule has 1 N–H and O–H groups in total. The molecule has 0 atom stereocenters. The van der Waals surface area contributed by atoms with Crippen LogP contribution in [0.1, 0.15) is 17.5 Å². The van der Waals surface area contributed by atoms with Crippen LogP contribution in [0.15, 0.2) is 53.5 Å². The minimum absolute atomic E-state index is 0.0682. The molecule has 3 rings (SSSR count). The van der Waals surface area contributed by atoms with E-state index in [2.05, 4.69) is 15.7 Å². The van der Waals surface area contributed by atoms with Gasteiger partial charge in [0.25, 0.3) is 0 Å². The van der Waals surface area contributed by atoms with Gasteiger partial charge in [-0.05, 0) is 58.1 Å². The van der Waals surface area contributed by atoms with Gasteiger partial charge in [-0.25, -0.2) is 4.39 Å². The summed E-state index contributed by atoms with van der Waals surface area (Å²) in [5.41, 5.74) is 3.94. The molecule has 0 unspecified atom stereocenters. The second-order valence-corrected chi connectivity index (χ2v) is 6.81. The second-order valence-electron chi connectivity index (χ2n) is 5.62. The van der Waals surface area contributed by atoms with Crippen LogP contribution in [-0.4, -0.2) is 10.9 Å². The summed E-state index contributed by atoms with van der Waals surface area (Å²) in [4.78, 5) is 16.3. The number of pyridine rings is 1. The Kier molecular flexibility index (Phi) is 5.79. The Morgan fingerprint density at radius 1 is 1.16 bits per heavy atom. The minimum atomic E-state index is -0.451. The number of halogens is 2. The number of hydrogen-bond donors (Lipinski definition) is 1. The monoisotopic (exact) mass is 374 g/mol. The lowest BCUT2D eigenvalue weighted by Crippen LogP contribution is -2.23. The van der Waals surface area contributed by atoms with Crippen molar-refractivity contribution in [3.63, 3.8) is 0 Å². The average molecular weight is 375 g/mol. The number of thiophene rings is 1. The summed E-state index contributed by atoms with van der Waals surface area (Å²) in [6.07, 6.45) is 4.39. The number of carbonyl (C=O) groups is 1. The van der Waals surface area contributed by atoms with Crippen molar-refractivity contribution in [1.29, 1.82) is 0 Å². The van der Waals surface area contributed by atoms with Crippen LogP contribution in [-0.2, 0) is 17.8 Å². The summed E-state index contributed by atoms with van der Waals surface area (Å²) >= 11 is 7.38. The SMILES string of the molecule is O=C(CCc1ccc(F)c(Cl)c1)NCc1cncc(-c2ccsc2)c1. The molecule has 0 aliphatic rings. The second kappa shape index (κ2) is 8.23. The Morgan fingerprint density at radius 2 is 2.04 bits per heavy atom. The third kappa shape index (κ3) is 4.87. The lowest BCUT2D eigenvalue weighted by molar-refractivity contribution is -0.121. The Labute approximate surface area is 154 Å². The van der Waals surface area contributed by atoms with Gasteiger partial charge < -0.3 is 5.32 Å². The van der Waals surface area contributed by atoms with E-state index in [0.717, 1.165) is 22.3 Å². The van der Waals surface area contributed by atoms with Gasteiger partial charge >= 0.3 is 0 Å². The van der Waals surface area contributed by atoms with Gasteiger partial charge in [0, 0.05) is 30.9 Å². The number of carbonyl (C=O) groups excluding carboxylic acids is 1. The summed E-state index contributed by atoms with van der Waals surface area (Å²) in [5.74, 6) is -0.519. The van der Waals surface area contributed by atoms with Crippen LogP contribution >= 0.6 is 22.9 Å². The maximum atomic E-state index is 13.1. The van der Waals surface area contributed by atoms with Crippen molar-refractivity contribution >= 4 is 28.8 Å². The van der Waals surface area contributed by atoms with Crippen molar-refractivity contribution < 1.29 is 9.18 Å². The van der Waals surface area contributed by atoms with E-state index in [4.69, 9.17) is 11.6 Å². The Bertz CT molecular complexity index is 868. The first-order valence-corrected chi connectivity index (χ1v) is 9.11. The highest BCUT2D eigenvalue weighted by atomic mass is 35.5. The highest BCUT2D eigenvalue weighted by molar-refractivity contribution is 7.08. The van der Waals surface area contributed by atoms with E-state index in [1.54, 1.807) is 29.7 Å². The summed E-state index contributed by atoms with van der Waals surface area (Å²) < 4.78 is 13.1. The van der Waals surface area contributed by atoms with Crippen molar-refractivity contribution in [1.82, 2.24) is 10.3 Å². The van der Waals surface area contributed by atoms with Gasteiger partial charge in [-0.15, -0.1) is 0 Å². The summed E-state index contributed by atoms with van der Waals surface area (Å²) in [6, 6.07) is 8.57. The van der Waals surface area contributed by atoms with Gasteiger partial charge in [0.15, 0.2) is 0 Å². The molecule has 6 heteroatoms. The maximum Gasteiger partial charge on any atom is 0.220 e. The Balaban J connectivity index is 1.52. The largest absolute Gasteiger partial charge is 0.352 e. The fourth-order valence-electron chi connectivity index (χ4n) is 2.41. The molecule has 0 aliphatic heterocycles. The number of benzene rings is 1. The quantitative estimate of drug-likeness (QED) is 0.670. The Morgan fingerprint density at radius 3 is 2.80 bits per heavy atom. The number of rotatable bonds is 6. The Hall–Kier alpha value is -2.24. The molecule has 25 heavy (non-hydrogen) atoms. The molecule has 0 spiro atoms. The number of nitrogens with zero attached hydrogens (tertiary/aromatic N) is 1. The number of amides is 1. The number of aryl methyl sites for hydroxylation is 1. The highest BCUT2D eigenvalue weighted by Crippen LogP contribution is 2.22. The van der Waals surface area contributed by atoms with Crippen LogP contribution in [0, 0.1) is 5.82 Å². The molecule has 0 saturated carbocycles. The summed E-state index contributed by atoms with van der Waals surface area (Å²) in [7, 11) is 0. The smallest absolute Gasteiger partial charge is 0.220 e. The molecule has 0 bridgehead atoms. The number of aromatic nitrogens is 1. The first kappa shape index (κ1) is 17.6. The summed E-state index contributed by atoms with van der Waals surface area (Å²) in [5, 5.41) is 7.04. The molecular formula is C19H16ClFN2OS. The van der Waals surface area contributed by atoms with Gasteiger partial charge in [-0.2, -0.15) is 11.3 Å². The van der Waals surface area contributed by atoms with Crippen molar-refractivity contribution in [3.05, 3.63) is 75.5 Å². The van der Waals surface area contributed by atoms with Crippen LogP contribution in [0.2, 0.25) is 5.02 Å². The minimum Gasteiger partial charge on any atom is -0.352 e. The molecule has 1 amide bonds. The van der Waals surface area contributed by atoms with Crippen LogP contribution in [0.4, 0.5) is 4.39 Å². The number of hydrogen-bond acceptors (Lipinski definition) is 3. The predicted molar refractivity (Wildman–Crippen MR) is 99.1 cm³/mol. The van der Waals surface area contributed by atoms with E-state index in [1.807, 2.05) is 23.7 Å². The lowest BCUT2D eigenvalue weighted by Gasteiger charge is -2.07. The molecular weight excluding hydrogens is 359 g/mol. The normalized spacial score (nSPS) is 10.6. The topological polar surface area (TPSA) is 42.0 Å². The molecule has 0 fully saturated rings. The molecule has 3 nitrogen and oxygen atoms in total. The van der Waals surface area contributed by atoms with Gasteiger partial charge in [-0.3, -0.25) is 9.78 Å². The standard InChI is InChI=1S/C19H16ClFN2OS/c20-17-8-13(1-3-18(17)21)2-4-19(24)23-10-14-7-16(11-22-9-14)15-5-6-25-12-15/h1,3,5-9,11-12H,2,4,10H2,(H,23,24). The predicted octanol–water partition coefficient (Wildman–Crippen LogP) is 4.85. The van der Waals surface area contributed by atoms with Crippen molar-refractivity contribution in [2.75, 3.05) is 0 Å². The van der Waals surface area contributed by atoms with Gasteiger partial charge in [0.1, 0.15) is 5.82 Å². The molecule has 0 radical (unpaired) electrons. The molecule has 1 aromatic carbocycles. The lowest BCUT2D eigenvalue weighted by atomic mass is 10.1. The van der Waals surface area contributed by atoms with E-state index >= 15 is 0 Å². The maximum absolute atomic E-state index is 13.1. The van der Waals surface area contributed by atoms with Crippen molar-refractivity contribution in [2.24, 2.45) is 0 Å². The van der Waals surface area contributed by atoms with E-state index in [0.29, 0.717) is 19.4 Å². The zero-order valence-corrected chi connectivity index (χ0v) is 14.9. The number of nitrogens with one attached hydrogen (secondary N) is 1. The van der Waals surface area contributed by atoms with E-state index < -0.39 is 5.82 Å². The van der Waals surface area contributed by atoms with E-state index in [9.17, 15) is 9.18 Å². The average Bonchev–Trinajstić information content (AvgIpc) is 3.16. The third-order valence-electron chi connectivity index (χ3n) is 3.76. The first-order chi connectivity index (χ1) is 12.1. The zero-order chi connectivity index (χ0) is 17.6. The fourth-order valence-corrected chi connectivity index (χ4v) is 3.28. The van der Waals surface area contributed by atoms with Gasteiger partial charge in [0.2, 0.25) is 5.91 Å². The van der Waals surface area contributed by atoms with Crippen LogP contribution in [0.5, 0.6) is 0 Å². The highest BCUT2D eigenvalue weighted by Gasteiger charge is 2.06. The van der Waals surface area contributed by atoms with Crippen molar-refractivity contribution in [2.45, 2.75) is 19.4 Å². The van der Waals surface area contributed by atoms with Crippen LogP contribution < -0.4 is 5.32 Å². The van der Waals surface area contributed by atoms with E-state index in [-0.39, 0.29) is 10.9 Å². The fraction of sp³-hybridized carbons (Fsp3) is 0.158. The summed E-state index contributed by atoms with van der Waals surface area (Å²) in [6.45, 7) is 0.425. The molecule has 2 heterocycles. The van der Waals surface area contributed by atoms with E-state index in [1.165, 1.54) is 6.07 Å². The van der Waals surface area contributed by atoms with Crippen molar-refractivity contribution in [3.8, 4) is 11.1 Å². The third-order valence-corrected chi connectivity index (χ3v) is 4.74. The first-order valence-electron chi connectivity index (χ1n) is 7.79. The molecule has 3 aromatic rings. The molecule has 2 aromatic heterocycles. The van der Waals surface area contributed by atoms with Crippen LogP contribution in [0.3, 0.4) is 0 Å². The zero-order valence-electron chi connectivity index (χ0n) is 13.3. The van der Waals surface area contributed by atoms with Gasteiger partial charge in [0.05, 0.1) is 5.02 Å².